The molecule has 0 bridgehead atoms. The highest BCUT2D eigenvalue weighted by molar-refractivity contribution is 6.30. The normalized spacial score (nSPS) is 10.6. The Hall–Kier alpha value is -1.81. The van der Waals surface area contributed by atoms with Crippen molar-refractivity contribution in [2.75, 3.05) is 0 Å². The number of aromatic nitrogens is 2. The van der Waals surface area contributed by atoms with Crippen LogP contribution in [0.2, 0.25) is 5.02 Å². The van der Waals surface area contributed by atoms with Gasteiger partial charge >= 0.3 is 5.97 Å². The zero-order valence-electron chi connectivity index (χ0n) is 9.93. The van der Waals surface area contributed by atoms with Crippen LogP contribution in [0, 0.1) is 0 Å². The fourth-order valence-electron chi connectivity index (χ4n) is 1.83. The molecule has 1 N–H and O–H groups in total. The topological polar surface area (TPSA) is 55.1 Å². The average Bonchev–Trinajstić information content (AvgIpc) is 2.74. The number of carboxylic acids is 1. The third kappa shape index (κ3) is 2.38. The number of carboxylic acid groups (broad SMARTS) is 1. The highest BCUT2D eigenvalue weighted by Crippen LogP contribution is 2.18. The van der Waals surface area contributed by atoms with Crippen molar-refractivity contribution in [1.82, 2.24) is 9.78 Å². The molecule has 0 unspecified atom stereocenters. The van der Waals surface area contributed by atoms with Gasteiger partial charge in [-0.2, -0.15) is 5.10 Å². The predicted molar refractivity (Wildman–Crippen MR) is 69.5 cm³/mol. The molecule has 0 fully saturated rings. The van der Waals surface area contributed by atoms with Crippen LogP contribution in [0.4, 0.5) is 0 Å². The van der Waals surface area contributed by atoms with E-state index in [1.54, 1.807) is 16.8 Å². The van der Waals surface area contributed by atoms with Gasteiger partial charge in [0.25, 0.3) is 0 Å². The van der Waals surface area contributed by atoms with Gasteiger partial charge in [-0.1, -0.05) is 24.9 Å². The molecule has 1 aromatic heterocycles. The molecule has 0 saturated carbocycles. The van der Waals surface area contributed by atoms with Gasteiger partial charge in [0, 0.05) is 5.02 Å². The van der Waals surface area contributed by atoms with Crippen LogP contribution in [0.25, 0.3) is 5.69 Å². The second-order valence-corrected chi connectivity index (χ2v) is 4.38. The molecule has 0 atom stereocenters. The molecule has 94 valence electrons. The van der Waals surface area contributed by atoms with Crippen molar-refractivity contribution in [3.05, 3.63) is 46.7 Å². The summed E-state index contributed by atoms with van der Waals surface area (Å²) in [6, 6.07) is 7.16. The van der Waals surface area contributed by atoms with Crippen molar-refractivity contribution in [2.45, 2.75) is 19.8 Å². The Morgan fingerprint density at radius 2 is 2.06 bits per heavy atom. The second-order valence-electron chi connectivity index (χ2n) is 3.95. The highest BCUT2D eigenvalue weighted by Gasteiger charge is 2.16. The summed E-state index contributed by atoms with van der Waals surface area (Å²) in [4.78, 5) is 11.1. The first-order valence-electron chi connectivity index (χ1n) is 5.69. The van der Waals surface area contributed by atoms with E-state index in [0.717, 1.165) is 12.1 Å². The van der Waals surface area contributed by atoms with E-state index in [1.807, 2.05) is 19.1 Å². The first-order chi connectivity index (χ1) is 8.63. The van der Waals surface area contributed by atoms with Gasteiger partial charge in [0.2, 0.25) is 0 Å². The fourth-order valence-corrected chi connectivity index (χ4v) is 1.96. The van der Waals surface area contributed by atoms with Gasteiger partial charge in [0.05, 0.1) is 17.6 Å². The number of rotatable bonds is 4. The van der Waals surface area contributed by atoms with E-state index in [9.17, 15) is 4.79 Å². The van der Waals surface area contributed by atoms with Gasteiger partial charge in [0.15, 0.2) is 0 Å². The van der Waals surface area contributed by atoms with E-state index in [4.69, 9.17) is 16.7 Å². The lowest BCUT2D eigenvalue weighted by atomic mass is 10.1. The summed E-state index contributed by atoms with van der Waals surface area (Å²) in [5.41, 5.74) is 1.79. The molecule has 0 amide bonds. The number of carbonyl (C=O) groups is 1. The first-order valence-corrected chi connectivity index (χ1v) is 6.07. The number of nitrogens with zero attached hydrogens (tertiary/aromatic N) is 2. The smallest absolute Gasteiger partial charge is 0.339 e. The molecule has 0 saturated heterocycles. The lowest BCUT2D eigenvalue weighted by Gasteiger charge is -2.07. The molecule has 0 spiro atoms. The minimum absolute atomic E-state index is 0.256. The van der Waals surface area contributed by atoms with Crippen LogP contribution < -0.4 is 0 Å². The van der Waals surface area contributed by atoms with Gasteiger partial charge in [-0.3, -0.25) is 0 Å². The van der Waals surface area contributed by atoms with Crippen LogP contribution in [0.5, 0.6) is 0 Å². The number of hydrogen-bond donors (Lipinski definition) is 1. The Kier molecular flexibility index (Phi) is 3.67. The molecule has 0 aliphatic heterocycles. The molecule has 0 radical (unpaired) electrons. The van der Waals surface area contributed by atoms with E-state index < -0.39 is 5.97 Å². The van der Waals surface area contributed by atoms with Crippen molar-refractivity contribution >= 4 is 17.6 Å². The molecule has 0 aliphatic rings. The summed E-state index contributed by atoms with van der Waals surface area (Å²) in [6.07, 6.45) is 2.92. The molecular weight excluding hydrogens is 252 g/mol. The third-order valence-electron chi connectivity index (χ3n) is 2.66. The van der Waals surface area contributed by atoms with Crippen molar-refractivity contribution in [3.63, 3.8) is 0 Å². The Labute approximate surface area is 110 Å². The van der Waals surface area contributed by atoms with Crippen molar-refractivity contribution in [1.29, 1.82) is 0 Å². The quantitative estimate of drug-likeness (QED) is 0.923. The summed E-state index contributed by atoms with van der Waals surface area (Å²) in [6.45, 7) is 2.00. The van der Waals surface area contributed by atoms with E-state index in [2.05, 4.69) is 5.10 Å². The van der Waals surface area contributed by atoms with Crippen molar-refractivity contribution in [2.24, 2.45) is 0 Å². The standard InChI is InChI=1S/C13H13ClN2O2/c1-2-3-12-11(13(17)18)8-15-16(12)10-6-4-9(14)5-7-10/h4-8H,2-3H2,1H3,(H,17,18). The van der Waals surface area contributed by atoms with Gasteiger partial charge < -0.3 is 5.11 Å². The minimum Gasteiger partial charge on any atom is -0.478 e. The van der Waals surface area contributed by atoms with Crippen LogP contribution in [0.3, 0.4) is 0 Å². The molecule has 18 heavy (non-hydrogen) atoms. The van der Waals surface area contributed by atoms with Crippen LogP contribution in [0.1, 0.15) is 29.4 Å². The van der Waals surface area contributed by atoms with Crippen LogP contribution in [-0.4, -0.2) is 20.9 Å². The van der Waals surface area contributed by atoms with Crippen molar-refractivity contribution < 1.29 is 9.90 Å². The summed E-state index contributed by atoms with van der Waals surface area (Å²) < 4.78 is 1.66. The number of benzene rings is 1. The molecule has 5 heteroatoms. The van der Waals surface area contributed by atoms with Gasteiger partial charge in [-0.15, -0.1) is 0 Å². The molecular formula is C13H13ClN2O2. The molecule has 2 aromatic rings. The Balaban J connectivity index is 2.50. The Morgan fingerprint density at radius 1 is 1.39 bits per heavy atom. The zero-order chi connectivity index (χ0) is 13.1. The summed E-state index contributed by atoms with van der Waals surface area (Å²) in [7, 11) is 0. The Morgan fingerprint density at radius 3 is 2.61 bits per heavy atom. The SMILES string of the molecule is CCCc1c(C(=O)O)cnn1-c1ccc(Cl)cc1. The maximum absolute atomic E-state index is 11.1. The average molecular weight is 265 g/mol. The lowest BCUT2D eigenvalue weighted by molar-refractivity contribution is 0.0695. The molecule has 1 heterocycles. The van der Waals surface area contributed by atoms with E-state index >= 15 is 0 Å². The summed E-state index contributed by atoms with van der Waals surface area (Å²) in [5.74, 6) is -0.946. The molecule has 4 nitrogen and oxygen atoms in total. The largest absolute Gasteiger partial charge is 0.478 e. The van der Waals surface area contributed by atoms with Gasteiger partial charge in [0.1, 0.15) is 5.56 Å². The third-order valence-corrected chi connectivity index (χ3v) is 2.91. The van der Waals surface area contributed by atoms with E-state index in [-0.39, 0.29) is 5.56 Å². The summed E-state index contributed by atoms with van der Waals surface area (Å²) >= 11 is 5.83. The predicted octanol–water partition coefficient (Wildman–Crippen LogP) is 3.18. The molecule has 2 rings (SSSR count). The minimum atomic E-state index is -0.946. The van der Waals surface area contributed by atoms with Gasteiger partial charge in [-0.25, -0.2) is 9.48 Å². The van der Waals surface area contributed by atoms with Crippen LogP contribution in [0.15, 0.2) is 30.5 Å². The van der Waals surface area contributed by atoms with Crippen molar-refractivity contribution in [3.8, 4) is 5.69 Å². The van der Waals surface area contributed by atoms with E-state index in [0.29, 0.717) is 17.1 Å². The monoisotopic (exact) mass is 264 g/mol. The maximum atomic E-state index is 11.1. The maximum Gasteiger partial charge on any atom is 0.339 e. The lowest BCUT2D eigenvalue weighted by Crippen LogP contribution is -2.06. The Bertz CT molecular complexity index is 561. The van der Waals surface area contributed by atoms with E-state index in [1.165, 1.54) is 6.20 Å². The first kappa shape index (κ1) is 12.6. The second kappa shape index (κ2) is 5.23. The fraction of sp³-hybridized carbons (Fsp3) is 0.231. The highest BCUT2D eigenvalue weighted by atomic mass is 35.5. The van der Waals surface area contributed by atoms with Crippen LogP contribution >= 0.6 is 11.6 Å². The number of hydrogen-bond acceptors (Lipinski definition) is 2. The molecule has 1 aromatic carbocycles. The summed E-state index contributed by atoms with van der Waals surface area (Å²) in [5, 5.41) is 13.9. The zero-order valence-corrected chi connectivity index (χ0v) is 10.7. The molecule has 0 aliphatic carbocycles. The number of halogens is 1. The van der Waals surface area contributed by atoms with Gasteiger partial charge in [-0.05, 0) is 30.7 Å². The van der Waals surface area contributed by atoms with Crippen LogP contribution in [-0.2, 0) is 6.42 Å². The number of aromatic carboxylic acids is 1.